The van der Waals surface area contributed by atoms with Crippen LogP contribution in [-0.4, -0.2) is 45.8 Å². The number of carbonyl (C=O) groups excluding carboxylic acids is 3. The fourth-order valence-corrected chi connectivity index (χ4v) is 2.66. The van der Waals surface area contributed by atoms with E-state index in [1.807, 2.05) is 0 Å². The molecular weight excluding hydrogens is 392 g/mol. The zero-order valence-corrected chi connectivity index (χ0v) is 17.2. The topological polar surface area (TPSA) is 112 Å². The molecule has 0 aromatic heterocycles. The molecular formula is C21H24N2O7. The van der Waals surface area contributed by atoms with E-state index in [1.165, 1.54) is 33.5 Å². The average Bonchev–Trinajstić information content (AvgIpc) is 2.76. The van der Waals surface area contributed by atoms with Gasteiger partial charge in [-0.25, -0.2) is 9.59 Å². The second-order valence-electron chi connectivity index (χ2n) is 5.96. The summed E-state index contributed by atoms with van der Waals surface area (Å²) in [5.74, 6) is -0.772. The lowest BCUT2D eigenvalue weighted by atomic mass is 10.1. The van der Waals surface area contributed by atoms with Crippen molar-refractivity contribution in [1.82, 2.24) is 10.6 Å². The van der Waals surface area contributed by atoms with Gasteiger partial charge in [0, 0.05) is 12.1 Å². The lowest BCUT2D eigenvalue weighted by molar-refractivity contribution is -0.129. The molecule has 0 saturated carbocycles. The minimum atomic E-state index is -1.35. The Balaban J connectivity index is 2.34. The van der Waals surface area contributed by atoms with Crippen LogP contribution in [0.5, 0.6) is 17.2 Å². The van der Waals surface area contributed by atoms with Crippen LogP contribution in [0.4, 0.5) is 4.79 Å². The van der Waals surface area contributed by atoms with Crippen LogP contribution in [0.2, 0.25) is 0 Å². The summed E-state index contributed by atoms with van der Waals surface area (Å²) in [5, 5.41) is 4.62. The highest BCUT2D eigenvalue weighted by Crippen LogP contribution is 2.38. The minimum Gasteiger partial charge on any atom is -0.493 e. The van der Waals surface area contributed by atoms with Gasteiger partial charge in [-0.2, -0.15) is 0 Å². The maximum Gasteiger partial charge on any atom is 0.339 e. The van der Waals surface area contributed by atoms with Crippen LogP contribution in [0.1, 0.15) is 28.9 Å². The first-order valence-electron chi connectivity index (χ1n) is 9.09. The molecule has 0 bridgehead atoms. The van der Waals surface area contributed by atoms with Crippen LogP contribution in [-0.2, 0) is 9.53 Å². The van der Waals surface area contributed by atoms with Crippen LogP contribution in [0.3, 0.4) is 0 Å². The number of urea groups is 1. The van der Waals surface area contributed by atoms with Gasteiger partial charge in [-0.15, -0.1) is 0 Å². The Hall–Kier alpha value is -3.75. The van der Waals surface area contributed by atoms with Crippen molar-refractivity contribution in [3.05, 3.63) is 53.6 Å². The molecule has 1 atom stereocenters. The van der Waals surface area contributed by atoms with Gasteiger partial charge < -0.3 is 24.3 Å². The first-order chi connectivity index (χ1) is 14.4. The van der Waals surface area contributed by atoms with E-state index in [0.717, 1.165) is 0 Å². The Morgan fingerprint density at radius 2 is 1.53 bits per heavy atom. The maximum absolute atomic E-state index is 12.8. The molecule has 2 aromatic carbocycles. The third-order valence-electron chi connectivity index (χ3n) is 4.04. The Morgan fingerprint density at radius 1 is 0.933 bits per heavy atom. The molecule has 0 aliphatic carbocycles. The molecule has 0 radical (unpaired) electrons. The zero-order chi connectivity index (χ0) is 22.1. The van der Waals surface area contributed by atoms with E-state index in [9.17, 15) is 14.4 Å². The van der Waals surface area contributed by atoms with Gasteiger partial charge in [0.2, 0.25) is 11.9 Å². The molecule has 0 heterocycles. The van der Waals surface area contributed by atoms with Crippen molar-refractivity contribution in [2.75, 3.05) is 27.9 Å². The quantitative estimate of drug-likeness (QED) is 0.636. The smallest absolute Gasteiger partial charge is 0.339 e. The molecule has 0 unspecified atom stereocenters. The van der Waals surface area contributed by atoms with Crippen molar-refractivity contribution in [2.45, 2.75) is 13.0 Å². The highest BCUT2D eigenvalue weighted by molar-refractivity contribution is 5.99. The fraction of sp³-hybridized carbons (Fsp3) is 0.286. The first-order valence-corrected chi connectivity index (χ1v) is 9.09. The van der Waals surface area contributed by atoms with E-state index in [0.29, 0.717) is 17.9 Å². The summed E-state index contributed by atoms with van der Waals surface area (Å²) >= 11 is 0. The molecule has 9 heteroatoms. The molecule has 30 heavy (non-hydrogen) atoms. The number of imide groups is 1. The van der Waals surface area contributed by atoms with Gasteiger partial charge in [0.1, 0.15) is 0 Å². The van der Waals surface area contributed by atoms with Gasteiger partial charge in [0.25, 0.3) is 5.91 Å². The van der Waals surface area contributed by atoms with Gasteiger partial charge in [0.05, 0.1) is 26.9 Å². The Bertz CT molecular complexity index is 874. The summed E-state index contributed by atoms with van der Waals surface area (Å²) in [6.45, 7) is 2.05. The number of esters is 1. The van der Waals surface area contributed by atoms with Crippen LogP contribution in [0, 0.1) is 0 Å². The number of amides is 3. The van der Waals surface area contributed by atoms with Gasteiger partial charge in [-0.3, -0.25) is 10.1 Å². The Labute approximate surface area is 174 Å². The van der Waals surface area contributed by atoms with E-state index < -0.39 is 24.0 Å². The number of nitrogens with one attached hydrogen (secondary N) is 2. The van der Waals surface area contributed by atoms with E-state index >= 15 is 0 Å². The number of ether oxygens (including phenoxy) is 4. The monoisotopic (exact) mass is 416 g/mol. The molecule has 0 aliphatic rings. The van der Waals surface area contributed by atoms with E-state index in [2.05, 4.69) is 10.6 Å². The highest BCUT2D eigenvalue weighted by Gasteiger charge is 2.28. The molecule has 2 N–H and O–H groups in total. The van der Waals surface area contributed by atoms with Gasteiger partial charge in [-0.1, -0.05) is 30.3 Å². The van der Waals surface area contributed by atoms with Crippen molar-refractivity contribution < 1.29 is 33.3 Å². The number of hydrogen-bond donors (Lipinski definition) is 2. The first kappa shape index (κ1) is 22.5. The third-order valence-corrected chi connectivity index (χ3v) is 4.04. The summed E-state index contributed by atoms with van der Waals surface area (Å²) in [4.78, 5) is 37.2. The second-order valence-corrected chi connectivity index (χ2v) is 5.96. The predicted molar refractivity (Wildman–Crippen MR) is 108 cm³/mol. The molecule has 2 aromatic rings. The summed E-state index contributed by atoms with van der Waals surface area (Å²) in [6.07, 6.45) is -1.35. The van der Waals surface area contributed by atoms with Crippen LogP contribution < -0.4 is 24.8 Å². The molecule has 0 saturated heterocycles. The lowest BCUT2D eigenvalue weighted by Crippen LogP contribution is -2.42. The number of carbonyl (C=O) groups is 3. The van der Waals surface area contributed by atoms with Crippen molar-refractivity contribution in [2.24, 2.45) is 0 Å². The average molecular weight is 416 g/mol. The fourth-order valence-electron chi connectivity index (χ4n) is 2.66. The van der Waals surface area contributed by atoms with Crippen molar-refractivity contribution in [3.8, 4) is 17.2 Å². The van der Waals surface area contributed by atoms with Gasteiger partial charge >= 0.3 is 12.0 Å². The number of benzene rings is 2. The van der Waals surface area contributed by atoms with E-state index in [-0.39, 0.29) is 17.1 Å². The Kier molecular flexibility index (Phi) is 8.04. The normalized spacial score (nSPS) is 11.1. The van der Waals surface area contributed by atoms with Crippen molar-refractivity contribution in [1.29, 1.82) is 0 Å². The van der Waals surface area contributed by atoms with E-state index in [1.54, 1.807) is 37.3 Å². The van der Waals surface area contributed by atoms with Crippen LogP contribution in [0.25, 0.3) is 0 Å². The molecule has 0 spiro atoms. The SMILES string of the molecule is CCNC(=O)NC(=O)[C@@H](OC(=O)c1cc(OC)c(OC)c(OC)c1)c1ccccc1. The standard InChI is InChI=1S/C21H24N2O7/c1-5-22-21(26)23-19(24)17(13-9-7-6-8-10-13)30-20(25)14-11-15(27-2)18(29-4)16(12-14)28-3/h6-12,17H,5H2,1-4H3,(H2,22,23,24,26)/t17-/m0/s1. The number of methoxy groups -OCH3 is 3. The summed E-state index contributed by atoms with van der Waals surface area (Å²) < 4.78 is 21.2. The second kappa shape index (κ2) is 10.7. The summed E-state index contributed by atoms with van der Waals surface area (Å²) in [6, 6.07) is 10.5. The summed E-state index contributed by atoms with van der Waals surface area (Å²) in [5.41, 5.74) is 0.483. The minimum absolute atomic E-state index is 0.0799. The number of rotatable bonds is 8. The molecule has 3 amide bonds. The predicted octanol–water partition coefficient (Wildman–Crippen LogP) is 2.46. The highest BCUT2D eigenvalue weighted by atomic mass is 16.6. The largest absolute Gasteiger partial charge is 0.493 e. The zero-order valence-electron chi connectivity index (χ0n) is 17.2. The van der Waals surface area contributed by atoms with E-state index in [4.69, 9.17) is 18.9 Å². The molecule has 0 fully saturated rings. The van der Waals surface area contributed by atoms with Crippen LogP contribution >= 0.6 is 0 Å². The van der Waals surface area contributed by atoms with Crippen molar-refractivity contribution >= 4 is 17.9 Å². The molecule has 160 valence electrons. The van der Waals surface area contributed by atoms with Gasteiger partial charge in [-0.05, 0) is 19.1 Å². The third kappa shape index (κ3) is 5.40. The van der Waals surface area contributed by atoms with Crippen molar-refractivity contribution in [3.63, 3.8) is 0 Å². The molecule has 2 rings (SSSR count). The molecule has 0 aliphatic heterocycles. The van der Waals surface area contributed by atoms with Crippen LogP contribution in [0.15, 0.2) is 42.5 Å². The lowest BCUT2D eigenvalue weighted by Gasteiger charge is -2.19. The molecule has 9 nitrogen and oxygen atoms in total. The Morgan fingerprint density at radius 3 is 2.03 bits per heavy atom. The van der Waals surface area contributed by atoms with Gasteiger partial charge in [0.15, 0.2) is 11.5 Å². The summed E-state index contributed by atoms with van der Waals surface area (Å²) in [7, 11) is 4.27. The maximum atomic E-state index is 12.8. The number of hydrogen-bond acceptors (Lipinski definition) is 7.